The molecule has 4 rings (SSSR count). The molecule has 0 bridgehead atoms. The van der Waals surface area contributed by atoms with Crippen LogP contribution in [0.5, 0.6) is 0 Å². The van der Waals surface area contributed by atoms with Gasteiger partial charge in [-0.15, -0.1) is 0 Å². The molecule has 1 heterocycles. The van der Waals surface area contributed by atoms with Crippen LogP contribution >= 0.6 is 38.9 Å². The summed E-state index contributed by atoms with van der Waals surface area (Å²) in [7, 11) is -3.77. The molecule has 0 saturated carbocycles. The lowest BCUT2D eigenvalue weighted by Crippen LogP contribution is -2.14. The second-order valence-electron chi connectivity index (χ2n) is 6.32. The average molecular weight is 510 g/mol. The van der Waals surface area contributed by atoms with Gasteiger partial charge in [0.25, 0.3) is 10.0 Å². The second kappa shape index (κ2) is 7.95. The van der Waals surface area contributed by atoms with E-state index in [2.05, 4.69) is 20.7 Å². The van der Waals surface area contributed by atoms with E-state index in [0.717, 1.165) is 21.4 Å². The number of thiazole rings is 1. The van der Waals surface area contributed by atoms with Gasteiger partial charge in [-0.25, -0.2) is 8.42 Å². The molecule has 29 heavy (non-hydrogen) atoms. The third kappa shape index (κ3) is 4.40. The first kappa shape index (κ1) is 20.2. The Labute approximate surface area is 184 Å². The molecule has 0 atom stereocenters. The standard InChI is InChI=1S/C20H14BrClN2O3S2/c21-14-3-7-16(8-4-14)23-29(26,27)17-9-10-18-19(11-17)28-20(25)24(18)12-13-1-5-15(22)6-2-13/h1-11,23H,12H2. The Morgan fingerprint density at radius 3 is 2.38 bits per heavy atom. The molecule has 0 aliphatic rings. The normalized spacial score (nSPS) is 11.7. The van der Waals surface area contributed by atoms with Crippen LogP contribution in [0, 0.1) is 0 Å². The van der Waals surface area contributed by atoms with Crippen LogP contribution in [0.15, 0.2) is 80.9 Å². The molecule has 3 aromatic carbocycles. The van der Waals surface area contributed by atoms with Gasteiger partial charge < -0.3 is 0 Å². The molecule has 0 aliphatic carbocycles. The van der Waals surface area contributed by atoms with E-state index in [-0.39, 0.29) is 9.77 Å². The van der Waals surface area contributed by atoms with Gasteiger partial charge in [-0.05, 0) is 60.2 Å². The zero-order chi connectivity index (χ0) is 20.6. The molecular weight excluding hydrogens is 496 g/mol. The van der Waals surface area contributed by atoms with E-state index in [0.29, 0.717) is 27.5 Å². The van der Waals surface area contributed by atoms with E-state index in [1.165, 1.54) is 12.1 Å². The number of fused-ring (bicyclic) bond motifs is 1. The average Bonchev–Trinajstić information content (AvgIpc) is 3.00. The van der Waals surface area contributed by atoms with Crippen LogP contribution in [0.25, 0.3) is 10.2 Å². The van der Waals surface area contributed by atoms with E-state index in [9.17, 15) is 13.2 Å². The van der Waals surface area contributed by atoms with Gasteiger partial charge in [0.05, 0.1) is 21.7 Å². The molecule has 1 aromatic heterocycles. The Kier molecular flexibility index (Phi) is 5.52. The summed E-state index contributed by atoms with van der Waals surface area (Å²) >= 11 is 10.3. The van der Waals surface area contributed by atoms with Gasteiger partial charge in [0.1, 0.15) is 0 Å². The molecule has 5 nitrogen and oxygen atoms in total. The van der Waals surface area contributed by atoms with Crippen LogP contribution in [0.3, 0.4) is 0 Å². The third-order valence-electron chi connectivity index (χ3n) is 4.30. The van der Waals surface area contributed by atoms with Crippen molar-refractivity contribution in [3.05, 3.63) is 91.5 Å². The van der Waals surface area contributed by atoms with Crippen LogP contribution < -0.4 is 9.60 Å². The molecule has 0 amide bonds. The minimum absolute atomic E-state index is 0.104. The first-order chi connectivity index (χ1) is 13.8. The third-order valence-corrected chi connectivity index (χ3v) is 7.40. The maximum absolute atomic E-state index is 12.7. The van der Waals surface area contributed by atoms with Crippen molar-refractivity contribution in [2.45, 2.75) is 11.4 Å². The predicted octanol–water partition coefficient (Wildman–Crippen LogP) is 5.33. The fraction of sp³-hybridized carbons (Fsp3) is 0.0500. The number of halogens is 2. The Balaban J connectivity index is 1.67. The SMILES string of the molecule is O=c1sc2cc(S(=O)(=O)Nc3ccc(Br)cc3)ccc2n1Cc1ccc(Cl)cc1. The van der Waals surface area contributed by atoms with Crippen molar-refractivity contribution < 1.29 is 8.42 Å². The fourth-order valence-corrected chi connectivity index (χ4v) is 5.35. The van der Waals surface area contributed by atoms with Crippen molar-refractivity contribution in [3.8, 4) is 0 Å². The van der Waals surface area contributed by atoms with Gasteiger partial charge >= 0.3 is 4.87 Å². The number of aromatic nitrogens is 1. The summed E-state index contributed by atoms with van der Waals surface area (Å²) in [5.74, 6) is 0. The zero-order valence-corrected chi connectivity index (χ0v) is 18.8. The first-order valence-electron chi connectivity index (χ1n) is 8.48. The fourth-order valence-electron chi connectivity index (χ4n) is 2.87. The molecule has 0 fully saturated rings. The number of sulfonamides is 1. The molecule has 4 aromatic rings. The summed E-state index contributed by atoms with van der Waals surface area (Å²) in [6.07, 6.45) is 0. The van der Waals surface area contributed by atoms with Crippen LogP contribution in [0.2, 0.25) is 5.02 Å². The first-order valence-corrected chi connectivity index (χ1v) is 12.0. The van der Waals surface area contributed by atoms with Gasteiger partial charge in [-0.3, -0.25) is 14.1 Å². The maximum Gasteiger partial charge on any atom is 0.308 e. The minimum Gasteiger partial charge on any atom is -0.294 e. The van der Waals surface area contributed by atoms with Crippen molar-refractivity contribution >= 4 is 64.8 Å². The number of nitrogens with one attached hydrogen (secondary N) is 1. The second-order valence-corrected chi connectivity index (χ2v) is 10.4. The van der Waals surface area contributed by atoms with E-state index >= 15 is 0 Å². The Bertz CT molecular complexity index is 1350. The molecule has 0 unspecified atom stereocenters. The summed E-state index contributed by atoms with van der Waals surface area (Å²) in [6, 6.07) is 18.8. The minimum atomic E-state index is -3.77. The highest BCUT2D eigenvalue weighted by Crippen LogP contribution is 2.25. The molecule has 0 saturated heterocycles. The number of anilines is 1. The monoisotopic (exact) mass is 508 g/mol. The number of hydrogen-bond acceptors (Lipinski definition) is 4. The molecular formula is C20H14BrClN2O3S2. The van der Waals surface area contributed by atoms with Gasteiger partial charge in [-0.1, -0.05) is 51.0 Å². The Morgan fingerprint density at radius 2 is 1.69 bits per heavy atom. The van der Waals surface area contributed by atoms with E-state index in [1.54, 1.807) is 47.0 Å². The smallest absolute Gasteiger partial charge is 0.294 e. The number of hydrogen-bond donors (Lipinski definition) is 1. The Morgan fingerprint density at radius 1 is 1.00 bits per heavy atom. The lowest BCUT2D eigenvalue weighted by Gasteiger charge is -2.09. The van der Waals surface area contributed by atoms with E-state index in [1.807, 2.05) is 12.1 Å². The van der Waals surface area contributed by atoms with Crippen molar-refractivity contribution in [2.75, 3.05) is 4.72 Å². The summed E-state index contributed by atoms with van der Waals surface area (Å²) in [5.41, 5.74) is 2.09. The number of nitrogens with zero attached hydrogens (tertiary/aromatic N) is 1. The van der Waals surface area contributed by atoms with E-state index < -0.39 is 10.0 Å². The van der Waals surface area contributed by atoms with Crippen LogP contribution in [-0.4, -0.2) is 13.0 Å². The van der Waals surface area contributed by atoms with Crippen molar-refractivity contribution in [2.24, 2.45) is 0 Å². The lowest BCUT2D eigenvalue weighted by molar-refractivity contribution is 0.601. The van der Waals surface area contributed by atoms with E-state index in [4.69, 9.17) is 11.6 Å². The molecule has 0 radical (unpaired) electrons. The quantitative estimate of drug-likeness (QED) is 0.395. The number of benzene rings is 3. The summed E-state index contributed by atoms with van der Waals surface area (Å²) in [6.45, 7) is 0.388. The number of rotatable bonds is 5. The highest BCUT2D eigenvalue weighted by molar-refractivity contribution is 9.10. The zero-order valence-electron chi connectivity index (χ0n) is 14.8. The topological polar surface area (TPSA) is 68.2 Å². The van der Waals surface area contributed by atoms with Crippen molar-refractivity contribution in [1.82, 2.24) is 4.57 Å². The summed E-state index contributed by atoms with van der Waals surface area (Å²) in [4.78, 5) is 12.4. The van der Waals surface area contributed by atoms with Crippen LogP contribution in [0.4, 0.5) is 5.69 Å². The van der Waals surface area contributed by atoms with Gasteiger partial charge in [0.15, 0.2) is 0 Å². The van der Waals surface area contributed by atoms with Gasteiger partial charge in [-0.2, -0.15) is 0 Å². The molecule has 0 spiro atoms. The van der Waals surface area contributed by atoms with Crippen molar-refractivity contribution in [1.29, 1.82) is 0 Å². The van der Waals surface area contributed by atoms with Gasteiger partial charge in [0.2, 0.25) is 0 Å². The van der Waals surface area contributed by atoms with Crippen LogP contribution in [0.1, 0.15) is 5.56 Å². The van der Waals surface area contributed by atoms with Crippen molar-refractivity contribution in [3.63, 3.8) is 0 Å². The van der Waals surface area contributed by atoms with Crippen LogP contribution in [-0.2, 0) is 16.6 Å². The highest BCUT2D eigenvalue weighted by Gasteiger charge is 2.17. The molecule has 1 N–H and O–H groups in total. The molecule has 9 heteroatoms. The Hall–Kier alpha value is -2.13. The summed E-state index contributed by atoms with van der Waals surface area (Å²) in [5, 5.41) is 0.629. The summed E-state index contributed by atoms with van der Waals surface area (Å²) < 4.78 is 31.1. The predicted molar refractivity (Wildman–Crippen MR) is 122 cm³/mol. The maximum atomic E-state index is 12.7. The van der Waals surface area contributed by atoms with Gasteiger partial charge in [0, 0.05) is 15.2 Å². The molecule has 148 valence electrons. The highest BCUT2D eigenvalue weighted by atomic mass is 79.9. The molecule has 0 aliphatic heterocycles. The largest absolute Gasteiger partial charge is 0.308 e. The lowest BCUT2D eigenvalue weighted by atomic mass is 10.2.